The Morgan fingerprint density at radius 3 is 2.47 bits per heavy atom. The van der Waals surface area contributed by atoms with E-state index in [4.69, 9.17) is 0 Å². The van der Waals surface area contributed by atoms with Crippen molar-refractivity contribution in [2.45, 2.75) is 26.7 Å². The molecule has 102 valence electrons. The molecule has 6 nitrogen and oxygen atoms in total. The fraction of sp³-hybridized carbons (Fsp3) is 0.462. The third-order valence-electron chi connectivity index (χ3n) is 3.21. The van der Waals surface area contributed by atoms with Gasteiger partial charge in [-0.05, 0) is 18.4 Å². The van der Waals surface area contributed by atoms with Gasteiger partial charge in [-0.25, -0.2) is 4.99 Å². The minimum Gasteiger partial charge on any atom is -0.354 e. The number of rotatable bonds is 4. The summed E-state index contributed by atoms with van der Waals surface area (Å²) in [4.78, 5) is 15.3. The van der Waals surface area contributed by atoms with Crippen molar-refractivity contribution in [3.8, 4) is 0 Å². The molecule has 0 aliphatic carbocycles. The SMILES string of the molecule is CCc1ccc([N+](=O)[O-])c(CC)c1N=C1NCCN1. The molecule has 2 N–H and O–H groups in total. The first-order valence-corrected chi connectivity index (χ1v) is 6.53. The van der Waals surface area contributed by atoms with Crippen molar-refractivity contribution in [3.05, 3.63) is 33.4 Å². The van der Waals surface area contributed by atoms with Crippen molar-refractivity contribution in [1.82, 2.24) is 10.6 Å². The molecule has 19 heavy (non-hydrogen) atoms. The van der Waals surface area contributed by atoms with E-state index in [0.29, 0.717) is 17.9 Å². The number of guanidine groups is 1. The van der Waals surface area contributed by atoms with E-state index in [-0.39, 0.29) is 10.6 Å². The van der Waals surface area contributed by atoms with Crippen LogP contribution in [0.3, 0.4) is 0 Å². The van der Waals surface area contributed by atoms with Crippen LogP contribution in [0.1, 0.15) is 25.0 Å². The topological polar surface area (TPSA) is 79.6 Å². The Bertz CT molecular complexity index is 518. The molecule has 0 spiro atoms. The van der Waals surface area contributed by atoms with E-state index >= 15 is 0 Å². The van der Waals surface area contributed by atoms with Gasteiger partial charge in [-0.15, -0.1) is 0 Å². The zero-order valence-electron chi connectivity index (χ0n) is 11.2. The maximum absolute atomic E-state index is 11.1. The normalized spacial score (nSPS) is 13.9. The highest BCUT2D eigenvalue weighted by Crippen LogP contribution is 2.33. The van der Waals surface area contributed by atoms with E-state index in [1.165, 1.54) is 0 Å². The fourth-order valence-corrected chi connectivity index (χ4v) is 2.23. The van der Waals surface area contributed by atoms with Crippen molar-refractivity contribution < 1.29 is 4.92 Å². The minimum absolute atomic E-state index is 0.150. The monoisotopic (exact) mass is 262 g/mol. The molecule has 0 bridgehead atoms. The van der Waals surface area contributed by atoms with Gasteiger partial charge in [-0.3, -0.25) is 10.1 Å². The lowest BCUT2D eigenvalue weighted by Crippen LogP contribution is -2.23. The Morgan fingerprint density at radius 2 is 1.95 bits per heavy atom. The molecule has 1 fully saturated rings. The van der Waals surface area contributed by atoms with Crippen LogP contribution in [0.4, 0.5) is 11.4 Å². The van der Waals surface area contributed by atoms with E-state index < -0.39 is 0 Å². The average Bonchev–Trinajstić information content (AvgIpc) is 2.90. The van der Waals surface area contributed by atoms with E-state index in [9.17, 15) is 10.1 Å². The van der Waals surface area contributed by atoms with Crippen LogP contribution in [0.2, 0.25) is 0 Å². The first-order valence-electron chi connectivity index (χ1n) is 6.53. The van der Waals surface area contributed by atoms with Crippen LogP contribution in [0.5, 0.6) is 0 Å². The summed E-state index contributed by atoms with van der Waals surface area (Å²) in [6, 6.07) is 3.38. The summed E-state index contributed by atoms with van der Waals surface area (Å²) in [5, 5.41) is 17.3. The first-order chi connectivity index (χ1) is 9.17. The molecule has 1 saturated heterocycles. The summed E-state index contributed by atoms with van der Waals surface area (Å²) in [6.07, 6.45) is 1.40. The summed E-state index contributed by atoms with van der Waals surface area (Å²) in [7, 11) is 0. The second-order valence-corrected chi connectivity index (χ2v) is 4.35. The summed E-state index contributed by atoms with van der Waals surface area (Å²) in [6.45, 7) is 5.61. The molecule has 0 saturated carbocycles. The van der Waals surface area contributed by atoms with Gasteiger partial charge in [0.25, 0.3) is 5.69 Å². The molecule has 0 unspecified atom stereocenters. The molecule has 0 radical (unpaired) electrons. The summed E-state index contributed by atoms with van der Waals surface area (Å²) >= 11 is 0. The van der Waals surface area contributed by atoms with Crippen LogP contribution in [0.25, 0.3) is 0 Å². The second-order valence-electron chi connectivity index (χ2n) is 4.35. The first kappa shape index (κ1) is 13.3. The molecule has 0 amide bonds. The van der Waals surface area contributed by atoms with Crippen molar-refractivity contribution in [1.29, 1.82) is 0 Å². The van der Waals surface area contributed by atoms with E-state index in [2.05, 4.69) is 15.6 Å². The van der Waals surface area contributed by atoms with E-state index in [0.717, 1.165) is 30.8 Å². The summed E-state index contributed by atoms with van der Waals surface area (Å²) in [5.41, 5.74) is 2.62. The Balaban J connectivity index is 2.56. The molecular weight excluding hydrogens is 244 g/mol. The van der Waals surface area contributed by atoms with Gasteiger partial charge < -0.3 is 10.6 Å². The number of nitro benzene ring substituents is 1. The molecule has 6 heteroatoms. The number of hydrogen-bond donors (Lipinski definition) is 2. The standard InChI is InChI=1S/C13H18N4O2/c1-3-9-5-6-11(17(18)19)10(4-2)12(9)16-13-14-7-8-15-13/h5-6H,3-4,7-8H2,1-2H3,(H2,14,15,16). The Labute approximate surface area is 112 Å². The molecule has 2 rings (SSSR count). The van der Waals surface area contributed by atoms with Crippen molar-refractivity contribution >= 4 is 17.3 Å². The van der Waals surface area contributed by atoms with Gasteiger partial charge in [0.05, 0.1) is 16.2 Å². The molecule has 1 aliphatic rings. The third-order valence-corrected chi connectivity index (χ3v) is 3.21. The highest BCUT2D eigenvalue weighted by Gasteiger charge is 2.19. The van der Waals surface area contributed by atoms with Gasteiger partial charge in [-0.1, -0.05) is 19.9 Å². The third kappa shape index (κ3) is 2.67. The molecular formula is C13H18N4O2. The average molecular weight is 262 g/mol. The second kappa shape index (κ2) is 5.69. The number of nitrogens with one attached hydrogen (secondary N) is 2. The molecule has 1 aliphatic heterocycles. The van der Waals surface area contributed by atoms with Gasteiger partial charge in [0.2, 0.25) is 0 Å². The van der Waals surface area contributed by atoms with E-state index in [1.807, 2.05) is 13.8 Å². The van der Waals surface area contributed by atoms with Crippen molar-refractivity contribution in [2.24, 2.45) is 4.99 Å². The number of aliphatic imine (C=N–C) groups is 1. The number of benzene rings is 1. The van der Waals surface area contributed by atoms with Gasteiger partial charge in [0.15, 0.2) is 5.96 Å². The lowest BCUT2D eigenvalue weighted by molar-refractivity contribution is -0.385. The smallest absolute Gasteiger partial charge is 0.274 e. The number of nitrogens with zero attached hydrogens (tertiary/aromatic N) is 2. The quantitative estimate of drug-likeness (QED) is 0.641. The molecule has 0 atom stereocenters. The predicted molar refractivity (Wildman–Crippen MR) is 75.0 cm³/mol. The zero-order valence-corrected chi connectivity index (χ0v) is 11.2. The maximum atomic E-state index is 11.1. The summed E-state index contributed by atoms with van der Waals surface area (Å²) < 4.78 is 0. The molecule has 0 aromatic heterocycles. The van der Waals surface area contributed by atoms with Crippen LogP contribution in [0.15, 0.2) is 17.1 Å². The molecule has 1 aromatic rings. The van der Waals surface area contributed by atoms with Crippen LogP contribution in [-0.2, 0) is 12.8 Å². The summed E-state index contributed by atoms with van der Waals surface area (Å²) in [5.74, 6) is 0.699. The van der Waals surface area contributed by atoms with Crippen molar-refractivity contribution in [2.75, 3.05) is 13.1 Å². The Kier molecular flexibility index (Phi) is 3.99. The van der Waals surface area contributed by atoms with E-state index in [1.54, 1.807) is 12.1 Å². The van der Waals surface area contributed by atoms with Crippen LogP contribution in [0, 0.1) is 10.1 Å². The van der Waals surface area contributed by atoms with Crippen molar-refractivity contribution in [3.63, 3.8) is 0 Å². The van der Waals surface area contributed by atoms with Gasteiger partial charge >= 0.3 is 0 Å². The number of hydrogen-bond acceptors (Lipinski definition) is 3. The van der Waals surface area contributed by atoms with Gasteiger partial charge in [-0.2, -0.15) is 0 Å². The highest BCUT2D eigenvalue weighted by molar-refractivity contribution is 5.85. The minimum atomic E-state index is -0.336. The Hall–Kier alpha value is -2.11. The van der Waals surface area contributed by atoms with Crippen LogP contribution < -0.4 is 10.6 Å². The number of aryl methyl sites for hydroxylation is 1. The fourth-order valence-electron chi connectivity index (χ4n) is 2.23. The van der Waals surface area contributed by atoms with Crippen LogP contribution >= 0.6 is 0 Å². The zero-order chi connectivity index (χ0) is 13.8. The predicted octanol–water partition coefficient (Wildman–Crippen LogP) is 1.90. The molecule has 1 aromatic carbocycles. The van der Waals surface area contributed by atoms with Crippen LogP contribution in [-0.4, -0.2) is 24.0 Å². The lowest BCUT2D eigenvalue weighted by Gasteiger charge is -2.10. The van der Waals surface area contributed by atoms with Gasteiger partial charge in [0.1, 0.15) is 0 Å². The highest BCUT2D eigenvalue weighted by atomic mass is 16.6. The lowest BCUT2D eigenvalue weighted by atomic mass is 10.0. The maximum Gasteiger partial charge on any atom is 0.274 e. The molecule has 1 heterocycles. The largest absolute Gasteiger partial charge is 0.354 e. The van der Waals surface area contributed by atoms with Gasteiger partial charge in [0, 0.05) is 19.2 Å². The Morgan fingerprint density at radius 1 is 1.26 bits per heavy atom. The number of nitro groups is 1.